The number of aryl methyl sites for hydroxylation is 2. The molecule has 1 heterocycles. The number of amides is 1. The maximum Gasteiger partial charge on any atom is 0.261 e. The van der Waals surface area contributed by atoms with Crippen LogP contribution in [0.3, 0.4) is 0 Å². The van der Waals surface area contributed by atoms with E-state index in [1.165, 1.54) is 10.9 Å². The monoisotopic (exact) mass is 345 g/mol. The van der Waals surface area contributed by atoms with Gasteiger partial charge in [0.2, 0.25) is 5.91 Å². The molecule has 25 heavy (non-hydrogen) atoms. The van der Waals surface area contributed by atoms with Gasteiger partial charge >= 0.3 is 0 Å². The van der Waals surface area contributed by atoms with Gasteiger partial charge < -0.3 is 10.4 Å². The number of aliphatic hydroxyl groups is 1. The molecule has 1 unspecified atom stereocenters. The van der Waals surface area contributed by atoms with Gasteiger partial charge in [0.15, 0.2) is 0 Å². The van der Waals surface area contributed by atoms with Crippen LogP contribution in [0.4, 0.5) is 0 Å². The molecule has 0 aliphatic rings. The van der Waals surface area contributed by atoms with Crippen molar-refractivity contribution in [2.75, 3.05) is 6.61 Å². The summed E-state index contributed by atoms with van der Waals surface area (Å²) < 4.78 is 1.47. The van der Waals surface area contributed by atoms with Crippen molar-refractivity contribution < 1.29 is 9.90 Å². The first-order chi connectivity index (χ1) is 11.7. The summed E-state index contributed by atoms with van der Waals surface area (Å²) in [5, 5.41) is 12.7. The molecule has 6 nitrogen and oxygen atoms in total. The van der Waals surface area contributed by atoms with Crippen LogP contribution >= 0.6 is 0 Å². The van der Waals surface area contributed by atoms with E-state index in [0.717, 1.165) is 5.56 Å². The summed E-state index contributed by atoms with van der Waals surface area (Å²) in [6, 6.07) is 5.39. The molecule has 0 aliphatic heterocycles. The fourth-order valence-corrected chi connectivity index (χ4v) is 2.84. The minimum absolute atomic E-state index is 0.0234. The number of nitrogens with one attached hydrogen (secondary N) is 1. The number of fused-ring (bicyclic) bond motifs is 1. The van der Waals surface area contributed by atoms with Crippen LogP contribution in [0.5, 0.6) is 0 Å². The minimum atomic E-state index is -0.142. The van der Waals surface area contributed by atoms with E-state index in [0.29, 0.717) is 17.3 Å². The third-order valence-electron chi connectivity index (χ3n) is 4.43. The van der Waals surface area contributed by atoms with Crippen molar-refractivity contribution >= 4 is 16.8 Å². The van der Waals surface area contributed by atoms with Crippen molar-refractivity contribution in [1.82, 2.24) is 14.9 Å². The van der Waals surface area contributed by atoms with Crippen LogP contribution in [-0.4, -0.2) is 33.2 Å². The average molecular weight is 345 g/mol. The molecule has 1 amide bonds. The lowest BCUT2D eigenvalue weighted by Crippen LogP contribution is -2.44. The van der Waals surface area contributed by atoms with E-state index in [1.807, 2.05) is 39.8 Å². The number of para-hydroxylation sites is 1. The third-order valence-corrected chi connectivity index (χ3v) is 4.43. The topological polar surface area (TPSA) is 84.2 Å². The van der Waals surface area contributed by atoms with Gasteiger partial charge in [-0.25, -0.2) is 4.98 Å². The number of rotatable bonds is 6. The van der Waals surface area contributed by atoms with Gasteiger partial charge in [0.05, 0.1) is 17.2 Å². The summed E-state index contributed by atoms with van der Waals surface area (Å²) in [5.74, 6) is -0.135. The highest BCUT2D eigenvalue weighted by Gasteiger charge is 2.25. The maximum absolute atomic E-state index is 12.5. The smallest absolute Gasteiger partial charge is 0.261 e. The number of aromatic nitrogens is 2. The fraction of sp³-hybridized carbons (Fsp3) is 0.526. The second-order valence-corrected chi connectivity index (χ2v) is 7.46. The number of carbonyl (C=O) groups excluding carboxylic acids is 1. The quantitative estimate of drug-likeness (QED) is 0.839. The predicted molar refractivity (Wildman–Crippen MR) is 98.4 cm³/mol. The Hall–Kier alpha value is -2.21. The molecule has 0 saturated carbocycles. The van der Waals surface area contributed by atoms with Crippen molar-refractivity contribution in [3.05, 3.63) is 40.4 Å². The van der Waals surface area contributed by atoms with Crippen molar-refractivity contribution in [3.8, 4) is 0 Å². The summed E-state index contributed by atoms with van der Waals surface area (Å²) in [4.78, 5) is 29.1. The zero-order chi connectivity index (χ0) is 18.6. The minimum Gasteiger partial charge on any atom is -0.396 e. The molecule has 0 aliphatic carbocycles. The lowest BCUT2D eigenvalue weighted by Gasteiger charge is -2.31. The highest BCUT2D eigenvalue weighted by Crippen LogP contribution is 2.21. The zero-order valence-electron chi connectivity index (χ0n) is 15.4. The largest absolute Gasteiger partial charge is 0.396 e. The number of nitrogens with zero attached hydrogens (tertiary/aromatic N) is 2. The lowest BCUT2D eigenvalue weighted by molar-refractivity contribution is -0.122. The summed E-state index contributed by atoms with van der Waals surface area (Å²) in [6.45, 7) is 8.28. The number of hydrogen-bond acceptors (Lipinski definition) is 4. The Kier molecular flexibility index (Phi) is 5.95. The molecule has 2 rings (SSSR count). The average Bonchev–Trinajstić information content (AvgIpc) is 2.54. The van der Waals surface area contributed by atoms with Crippen LogP contribution < -0.4 is 10.9 Å². The van der Waals surface area contributed by atoms with Crippen LogP contribution in [0.25, 0.3) is 10.9 Å². The van der Waals surface area contributed by atoms with Crippen LogP contribution in [-0.2, 0) is 11.3 Å². The van der Waals surface area contributed by atoms with Crippen LogP contribution in [0.1, 0.15) is 39.2 Å². The molecule has 0 fully saturated rings. The van der Waals surface area contributed by atoms with E-state index >= 15 is 0 Å². The number of aliphatic hydroxyl groups excluding tert-OH is 1. The van der Waals surface area contributed by atoms with E-state index < -0.39 is 0 Å². The molecular formula is C19H27N3O3. The molecule has 6 heteroatoms. The highest BCUT2D eigenvalue weighted by atomic mass is 16.3. The van der Waals surface area contributed by atoms with Gasteiger partial charge in [-0.1, -0.05) is 32.9 Å². The van der Waals surface area contributed by atoms with Gasteiger partial charge in [0, 0.05) is 25.6 Å². The Morgan fingerprint density at radius 2 is 2.08 bits per heavy atom. The Labute approximate surface area is 147 Å². The molecule has 1 aromatic carbocycles. The number of carbonyl (C=O) groups is 1. The van der Waals surface area contributed by atoms with Crippen molar-refractivity contribution in [2.45, 2.75) is 53.1 Å². The van der Waals surface area contributed by atoms with Gasteiger partial charge in [0.1, 0.15) is 0 Å². The predicted octanol–water partition coefficient (Wildman–Crippen LogP) is 2.01. The Bertz CT molecular complexity index is 806. The van der Waals surface area contributed by atoms with Crippen molar-refractivity contribution in [3.63, 3.8) is 0 Å². The summed E-state index contributed by atoms with van der Waals surface area (Å²) in [7, 11) is 0. The molecule has 0 radical (unpaired) electrons. The Morgan fingerprint density at radius 3 is 2.72 bits per heavy atom. The molecule has 0 saturated heterocycles. The van der Waals surface area contributed by atoms with E-state index in [4.69, 9.17) is 0 Å². The van der Waals surface area contributed by atoms with Crippen molar-refractivity contribution in [1.29, 1.82) is 0 Å². The molecule has 2 aromatic rings. The van der Waals surface area contributed by atoms with Gasteiger partial charge in [0.25, 0.3) is 5.56 Å². The van der Waals surface area contributed by atoms with E-state index in [1.54, 1.807) is 6.07 Å². The molecular weight excluding hydrogens is 318 g/mol. The highest BCUT2D eigenvalue weighted by molar-refractivity contribution is 5.80. The van der Waals surface area contributed by atoms with Gasteiger partial charge in [-0.2, -0.15) is 0 Å². The summed E-state index contributed by atoms with van der Waals surface area (Å²) >= 11 is 0. The second-order valence-electron chi connectivity index (χ2n) is 7.46. The summed E-state index contributed by atoms with van der Waals surface area (Å²) in [6.07, 6.45) is 2.20. The number of benzene rings is 1. The van der Waals surface area contributed by atoms with Crippen LogP contribution in [0.2, 0.25) is 0 Å². The Balaban J connectivity index is 2.08. The number of hydrogen-bond donors (Lipinski definition) is 2. The maximum atomic E-state index is 12.5. The van der Waals surface area contributed by atoms with Gasteiger partial charge in [-0.05, 0) is 30.4 Å². The van der Waals surface area contributed by atoms with Crippen LogP contribution in [0, 0.1) is 12.3 Å². The first-order valence-corrected chi connectivity index (χ1v) is 8.59. The second kappa shape index (κ2) is 7.78. The molecule has 136 valence electrons. The molecule has 1 aromatic heterocycles. The van der Waals surface area contributed by atoms with E-state index in [2.05, 4.69) is 10.3 Å². The standard InChI is InChI=1S/C19H27N3O3/c1-13-6-5-7-14-17(13)20-12-22(18(14)25)10-8-16(24)21-15(9-11-23)19(2,3)4/h5-7,12,15,23H,8-11H2,1-4H3,(H,21,24). The molecule has 0 bridgehead atoms. The lowest BCUT2D eigenvalue weighted by atomic mass is 9.85. The first-order valence-electron chi connectivity index (χ1n) is 8.59. The first kappa shape index (κ1) is 19.1. The van der Waals surface area contributed by atoms with Crippen molar-refractivity contribution in [2.24, 2.45) is 5.41 Å². The van der Waals surface area contributed by atoms with E-state index in [9.17, 15) is 14.7 Å². The zero-order valence-corrected chi connectivity index (χ0v) is 15.4. The Morgan fingerprint density at radius 1 is 1.36 bits per heavy atom. The van der Waals surface area contributed by atoms with Gasteiger partial charge in [-0.15, -0.1) is 0 Å². The molecule has 1 atom stereocenters. The third kappa shape index (κ3) is 4.66. The van der Waals surface area contributed by atoms with Crippen LogP contribution in [0.15, 0.2) is 29.3 Å². The van der Waals surface area contributed by atoms with Gasteiger partial charge in [-0.3, -0.25) is 14.2 Å². The fourth-order valence-electron chi connectivity index (χ4n) is 2.84. The summed E-state index contributed by atoms with van der Waals surface area (Å²) in [5.41, 5.74) is 1.38. The normalized spacial score (nSPS) is 13.0. The molecule has 0 spiro atoms. The van der Waals surface area contributed by atoms with E-state index in [-0.39, 0.29) is 42.5 Å². The SMILES string of the molecule is Cc1cccc2c(=O)n(CCC(=O)NC(CCO)C(C)(C)C)cnc12. The molecule has 2 N–H and O–H groups in total.